The molecular weight excluding hydrogens is 285 g/mol. The lowest BCUT2D eigenvalue weighted by Crippen LogP contribution is -2.37. The molecule has 0 radical (unpaired) electrons. The number of amides is 1. The number of hydrogen-bond acceptors (Lipinski definition) is 3. The summed E-state index contributed by atoms with van der Waals surface area (Å²) in [6.45, 7) is 5.20. The minimum Gasteiger partial charge on any atom is -0.465 e. The van der Waals surface area contributed by atoms with Crippen molar-refractivity contribution in [2.75, 3.05) is 19.7 Å². The molecule has 1 aromatic carbocycles. The zero-order valence-corrected chi connectivity index (χ0v) is 11.8. The summed E-state index contributed by atoms with van der Waals surface area (Å²) in [6.07, 6.45) is 1.44. The molecular formula is C14H15ClFNO3. The van der Waals surface area contributed by atoms with Gasteiger partial charge in [-0.2, -0.15) is 0 Å². The Bertz CT molecular complexity index is 519. The van der Waals surface area contributed by atoms with Crippen LogP contribution in [0.15, 0.2) is 30.9 Å². The first-order valence-corrected chi connectivity index (χ1v) is 6.38. The molecule has 20 heavy (non-hydrogen) atoms. The predicted octanol–water partition coefficient (Wildman–Crippen LogP) is 2.67. The number of nitrogens with zero attached hydrogens (tertiary/aromatic N) is 1. The average Bonchev–Trinajstić information content (AvgIpc) is 2.41. The second-order valence-corrected chi connectivity index (χ2v) is 4.29. The first-order chi connectivity index (χ1) is 9.51. The highest BCUT2D eigenvalue weighted by Gasteiger charge is 2.22. The lowest BCUT2D eigenvalue weighted by atomic mass is 10.2. The zero-order valence-electron chi connectivity index (χ0n) is 11.1. The molecule has 0 aromatic heterocycles. The summed E-state index contributed by atoms with van der Waals surface area (Å²) >= 11 is 5.64. The van der Waals surface area contributed by atoms with Crippen LogP contribution in [0, 0.1) is 5.82 Å². The Morgan fingerprint density at radius 3 is 2.80 bits per heavy atom. The summed E-state index contributed by atoms with van der Waals surface area (Å²) < 4.78 is 18.6. The second-order valence-electron chi connectivity index (χ2n) is 3.88. The number of hydrogen-bond donors (Lipinski definition) is 0. The summed E-state index contributed by atoms with van der Waals surface area (Å²) in [7, 11) is 0. The fraction of sp³-hybridized carbons (Fsp3) is 0.286. The number of esters is 1. The van der Waals surface area contributed by atoms with Crippen molar-refractivity contribution < 1.29 is 18.7 Å². The van der Waals surface area contributed by atoms with Gasteiger partial charge in [0.1, 0.15) is 6.54 Å². The van der Waals surface area contributed by atoms with Crippen LogP contribution < -0.4 is 0 Å². The van der Waals surface area contributed by atoms with E-state index in [1.54, 1.807) is 6.92 Å². The van der Waals surface area contributed by atoms with E-state index in [4.69, 9.17) is 16.3 Å². The molecule has 0 aliphatic rings. The molecule has 0 bridgehead atoms. The van der Waals surface area contributed by atoms with Crippen molar-refractivity contribution in [1.82, 2.24) is 4.90 Å². The second kappa shape index (κ2) is 7.65. The highest BCUT2D eigenvalue weighted by atomic mass is 35.5. The van der Waals surface area contributed by atoms with E-state index in [-0.39, 0.29) is 30.3 Å². The standard InChI is InChI=1S/C14H15ClFNO3/c1-3-8-17(9-12(18)20-4-2)14(19)10-6-5-7-11(15)13(10)16/h3,5-7H,1,4,8-9H2,2H3. The summed E-state index contributed by atoms with van der Waals surface area (Å²) in [4.78, 5) is 24.8. The van der Waals surface area contributed by atoms with Crippen LogP contribution in [0.2, 0.25) is 5.02 Å². The Labute approximate surface area is 121 Å². The first-order valence-electron chi connectivity index (χ1n) is 6.01. The summed E-state index contributed by atoms with van der Waals surface area (Å²) in [6, 6.07) is 4.12. The van der Waals surface area contributed by atoms with Gasteiger partial charge in [-0.05, 0) is 19.1 Å². The molecule has 1 rings (SSSR count). The van der Waals surface area contributed by atoms with Gasteiger partial charge in [0, 0.05) is 6.54 Å². The van der Waals surface area contributed by atoms with E-state index in [1.165, 1.54) is 24.3 Å². The fourth-order valence-electron chi connectivity index (χ4n) is 1.58. The third-order valence-electron chi connectivity index (χ3n) is 2.44. The number of rotatable bonds is 6. The van der Waals surface area contributed by atoms with Crippen LogP contribution in [0.25, 0.3) is 0 Å². The number of carbonyl (C=O) groups is 2. The van der Waals surface area contributed by atoms with E-state index in [1.807, 2.05) is 0 Å². The van der Waals surface area contributed by atoms with E-state index >= 15 is 0 Å². The van der Waals surface area contributed by atoms with Crippen molar-refractivity contribution in [2.24, 2.45) is 0 Å². The van der Waals surface area contributed by atoms with Crippen LogP contribution in [0.1, 0.15) is 17.3 Å². The van der Waals surface area contributed by atoms with E-state index < -0.39 is 17.7 Å². The number of ether oxygens (including phenoxy) is 1. The van der Waals surface area contributed by atoms with Gasteiger partial charge in [0.25, 0.3) is 5.91 Å². The van der Waals surface area contributed by atoms with Crippen molar-refractivity contribution in [3.63, 3.8) is 0 Å². The molecule has 6 heteroatoms. The lowest BCUT2D eigenvalue weighted by Gasteiger charge is -2.20. The van der Waals surface area contributed by atoms with Gasteiger partial charge in [0.05, 0.1) is 17.2 Å². The monoisotopic (exact) mass is 299 g/mol. The summed E-state index contributed by atoms with van der Waals surface area (Å²) in [5.41, 5.74) is -0.191. The van der Waals surface area contributed by atoms with Gasteiger partial charge in [-0.1, -0.05) is 23.7 Å². The van der Waals surface area contributed by atoms with Gasteiger partial charge in [0.15, 0.2) is 5.82 Å². The zero-order chi connectivity index (χ0) is 15.1. The molecule has 0 fully saturated rings. The molecule has 0 saturated heterocycles. The molecule has 0 aliphatic carbocycles. The van der Waals surface area contributed by atoms with E-state index in [0.29, 0.717) is 0 Å². The van der Waals surface area contributed by atoms with Crippen molar-refractivity contribution in [1.29, 1.82) is 0 Å². The normalized spacial score (nSPS) is 9.95. The molecule has 1 amide bonds. The molecule has 0 saturated carbocycles. The van der Waals surface area contributed by atoms with Crippen LogP contribution in [-0.4, -0.2) is 36.5 Å². The van der Waals surface area contributed by atoms with Crippen LogP contribution in [0.5, 0.6) is 0 Å². The minimum atomic E-state index is -0.808. The fourth-order valence-corrected chi connectivity index (χ4v) is 1.75. The van der Waals surface area contributed by atoms with Crippen molar-refractivity contribution in [3.8, 4) is 0 Å². The van der Waals surface area contributed by atoms with Crippen molar-refractivity contribution >= 4 is 23.5 Å². The summed E-state index contributed by atoms with van der Waals surface area (Å²) in [5, 5.41) is -0.148. The van der Waals surface area contributed by atoms with Crippen molar-refractivity contribution in [2.45, 2.75) is 6.92 Å². The van der Waals surface area contributed by atoms with Gasteiger partial charge in [0.2, 0.25) is 0 Å². The topological polar surface area (TPSA) is 46.6 Å². The third-order valence-corrected chi connectivity index (χ3v) is 2.74. The maximum Gasteiger partial charge on any atom is 0.325 e. The molecule has 1 aromatic rings. The molecule has 0 heterocycles. The Hall–Kier alpha value is -1.88. The van der Waals surface area contributed by atoms with Crippen LogP contribution >= 0.6 is 11.6 Å². The van der Waals surface area contributed by atoms with Crippen LogP contribution in [0.3, 0.4) is 0 Å². The molecule has 108 valence electrons. The average molecular weight is 300 g/mol. The van der Waals surface area contributed by atoms with Gasteiger partial charge >= 0.3 is 5.97 Å². The SMILES string of the molecule is C=CCN(CC(=O)OCC)C(=O)c1cccc(Cl)c1F. The first kappa shape index (κ1) is 16.2. The Morgan fingerprint density at radius 2 is 2.20 bits per heavy atom. The molecule has 0 unspecified atom stereocenters. The van der Waals surface area contributed by atoms with Crippen molar-refractivity contribution in [3.05, 3.63) is 47.3 Å². The molecule has 0 atom stereocenters. The van der Waals surface area contributed by atoms with E-state index in [9.17, 15) is 14.0 Å². The largest absolute Gasteiger partial charge is 0.465 e. The number of benzene rings is 1. The maximum absolute atomic E-state index is 13.8. The Morgan fingerprint density at radius 1 is 1.50 bits per heavy atom. The number of carbonyl (C=O) groups excluding carboxylic acids is 2. The predicted molar refractivity (Wildman–Crippen MR) is 74.1 cm³/mol. The molecule has 0 spiro atoms. The van der Waals surface area contributed by atoms with Crippen LogP contribution in [0.4, 0.5) is 4.39 Å². The maximum atomic E-state index is 13.8. The van der Waals surface area contributed by atoms with Gasteiger partial charge in [-0.15, -0.1) is 6.58 Å². The molecule has 4 nitrogen and oxygen atoms in total. The van der Waals surface area contributed by atoms with E-state index in [0.717, 1.165) is 4.90 Å². The lowest BCUT2D eigenvalue weighted by molar-refractivity contribution is -0.143. The van der Waals surface area contributed by atoms with E-state index in [2.05, 4.69) is 6.58 Å². The highest BCUT2D eigenvalue weighted by Crippen LogP contribution is 2.19. The van der Waals surface area contributed by atoms with Gasteiger partial charge in [-0.3, -0.25) is 9.59 Å². The molecule has 0 aliphatic heterocycles. The summed E-state index contributed by atoms with van der Waals surface area (Å²) in [5.74, 6) is -2.01. The van der Waals surface area contributed by atoms with Crippen LogP contribution in [-0.2, 0) is 9.53 Å². The smallest absolute Gasteiger partial charge is 0.325 e. The quantitative estimate of drug-likeness (QED) is 0.599. The van der Waals surface area contributed by atoms with Gasteiger partial charge in [-0.25, -0.2) is 4.39 Å². The van der Waals surface area contributed by atoms with Gasteiger partial charge < -0.3 is 9.64 Å². The third kappa shape index (κ3) is 4.06. The highest BCUT2D eigenvalue weighted by molar-refractivity contribution is 6.31. The minimum absolute atomic E-state index is 0.101. The number of halogens is 2. The Balaban J connectivity index is 2.96. The Kier molecular flexibility index (Phi) is 6.18. The molecule has 0 N–H and O–H groups in total.